The van der Waals surface area contributed by atoms with Crippen LogP contribution in [0.15, 0.2) is 53.4 Å². The van der Waals surface area contributed by atoms with Gasteiger partial charge in [-0.1, -0.05) is 55.8 Å². The summed E-state index contributed by atoms with van der Waals surface area (Å²) in [5, 5.41) is 3.48. The molecule has 2 nitrogen and oxygen atoms in total. The fraction of sp³-hybridized carbons (Fsp3) is 0.278. The van der Waals surface area contributed by atoms with Gasteiger partial charge in [0, 0.05) is 10.6 Å². The fourth-order valence-electron chi connectivity index (χ4n) is 2.13. The second-order valence-electron chi connectivity index (χ2n) is 5.42. The molecule has 116 valence electrons. The third-order valence-electron chi connectivity index (χ3n) is 3.35. The number of carbonyl (C=O) groups excluding carboxylic acids is 1. The zero-order chi connectivity index (χ0) is 16.1. The van der Waals surface area contributed by atoms with Crippen LogP contribution in [0.3, 0.4) is 0 Å². The second-order valence-corrected chi connectivity index (χ2v) is 7.21. The molecule has 1 atom stereocenters. The molecule has 22 heavy (non-hydrogen) atoms. The molecule has 0 bridgehead atoms. The Morgan fingerprint density at radius 3 is 2.36 bits per heavy atom. The quantitative estimate of drug-likeness (QED) is 0.723. The molecule has 4 heteroatoms. The maximum absolute atomic E-state index is 12.4. The van der Waals surface area contributed by atoms with E-state index in [0.717, 1.165) is 16.1 Å². The Morgan fingerprint density at radius 2 is 1.68 bits per heavy atom. The Morgan fingerprint density at radius 1 is 1.05 bits per heavy atom. The van der Waals surface area contributed by atoms with Gasteiger partial charge < -0.3 is 5.32 Å². The zero-order valence-electron chi connectivity index (χ0n) is 13.0. The normalized spacial score (nSPS) is 12.2. The number of hydrogen-bond donors (Lipinski definition) is 1. The Bertz CT molecular complexity index is 657. The fourth-order valence-corrected chi connectivity index (χ4v) is 3.29. The summed E-state index contributed by atoms with van der Waals surface area (Å²) in [6.07, 6.45) is 0. The third-order valence-corrected chi connectivity index (χ3v) is 4.97. The number of halogens is 1. The summed E-state index contributed by atoms with van der Waals surface area (Å²) in [6, 6.07) is 15.5. The lowest BCUT2D eigenvalue weighted by atomic mass is 10.0. The van der Waals surface area contributed by atoms with Crippen LogP contribution in [0, 0.1) is 0 Å². The van der Waals surface area contributed by atoms with Crippen LogP contribution in [-0.2, 0) is 4.79 Å². The van der Waals surface area contributed by atoms with Crippen molar-refractivity contribution in [1.29, 1.82) is 0 Å². The molecule has 0 saturated carbocycles. The number of hydrogen-bond acceptors (Lipinski definition) is 2. The summed E-state index contributed by atoms with van der Waals surface area (Å²) in [5.74, 6) is 0.348. The molecule has 0 saturated heterocycles. The summed E-state index contributed by atoms with van der Waals surface area (Å²) in [7, 11) is 0. The molecule has 0 unspecified atom stereocenters. The molecular formula is C18H20ClNOS. The lowest BCUT2D eigenvalue weighted by molar-refractivity contribution is -0.115. The van der Waals surface area contributed by atoms with Gasteiger partial charge in [0.15, 0.2) is 0 Å². The van der Waals surface area contributed by atoms with E-state index in [4.69, 9.17) is 11.6 Å². The van der Waals surface area contributed by atoms with Crippen LogP contribution in [0.4, 0.5) is 5.69 Å². The van der Waals surface area contributed by atoms with E-state index in [9.17, 15) is 4.79 Å². The summed E-state index contributed by atoms with van der Waals surface area (Å²) in [4.78, 5) is 13.3. The van der Waals surface area contributed by atoms with Gasteiger partial charge >= 0.3 is 0 Å². The number of nitrogens with one attached hydrogen (secondary N) is 1. The maximum atomic E-state index is 12.4. The smallest absolute Gasteiger partial charge is 0.237 e. The first-order chi connectivity index (χ1) is 10.5. The summed E-state index contributed by atoms with van der Waals surface area (Å²) >= 11 is 7.62. The average Bonchev–Trinajstić information content (AvgIpc) is 2.49. The van der Waals surface area contributed by atoms with E-state index in [2.05, 4.69) is 19.2 Å². The van der Waals surface area contributed by atoms with Gasteiger partial charge in [-0.2, -0.15) is 0 Å². The molecule has 1 N–H and O–H groups in total. The van der Waals surface area contributed by atoms with Gasteiger partial charge in [-0.3, -0.25) is 4.79 Å². The first kappa shape index (κ1) is 16.9. The van der Waals surface area contributed by atoms with Crippen molar-refractivity contribution >= 4 is 35.0 Å². The minimum Gasteiger partial charge on any atom is -0.325 e. The Kier molecular flexibility index (Phi) is 5.92. The molecule has 0 aliphatic heterocycles. The SMILES string of the molecule is CC(C)c1ccccc1NC(=O)[C@@H](C)Sc1ccccc1Cl. The van der Waals surface area contributed by atoms with Crippen molar-refractivity contribution in [2.45, 2.75) is 36.8 Å². The highest BCUT2D eigenvalue weighted by Crippen LogP contribution is 2.31. The topological polar surface area (TPSA) is 29.1 Å². The van der Waals surface area contributed by atoms with Gasteiger partial charge in [0.2, 0.25) is 5.91 Å². The van der Waals surface area contributed by atoms with E-state index in [1.165, 1.54) is 11.8 Å². The van der Waals surface area contributed by atoms with Crippen LogP contribution >= 0.6 is 23.4 Å². The predicted molar refractivity (Wildman–Crippen MR) is 95.9 cm³/mol. The van der Waals surface area contributed by atoms with Gasteiger partial charge in [-0.15, -0.1) is 11.8 Å². The molecule has 2 aromatic rings. The lowest BCUT2D eigenvalue weighted by Gasteiger charge is -2.16. The summed E-state index contributed by atoms with van der Waals surface area (Å²) in [6.45, 7) is 6.13. The minimum absolute atomic E-state index is 0.0157. The largest absolute Gasteiger partial charge is 0.325 e. The number of benzene rings is 2. The highest BCUT2D eigenvalue weighted by atomic mass is 35.5. The van der Waals surface area contributed by atoms with Gasteiger partial charge in [0.25, 0.3) is 0 Å². The number of amides is 1. The second kappa shape index (κ2) is 7.70. The van der Waals surface area contributed by atoms with Crippen LogP contribution in [0.2, 0.25) is 5.02 Å². The molecule has 2 rings (SSSR count). The summed E-state index contributed by atoms with van der Waals surface area (Å²) in [5.41, 5.74) is 2.03. The summed E-state index contributed by atoms with van der Waals surface area (Å²) < 4.78 is 0. The Balaban J connectivity index is 2.08. The molecule has 0 aliphatic carbocycles. The van der Waals surface area contributed by atoms with Crippen LogP contribution in [-0.4, -0.2) is 11.2 Å². The van der Waals surface area contributed by atoms with E-state index in [-0.39, 0.29) is 11.2 Å². The number of carbonyl (C=O) groups is 1. The molecule has 0 fully saturated rings. The van der Waals surface area contributed by atoms with Gasteiger partial charge in [0.1, 0.15) is 0 Å². The van der Waals surface area contributed by atoms with Gasteiger partial charge in [-0.05, 0) is 36.6 Å². The first-order valence-corrected chi connectivity index (χ1v) is 8.55. The van der Waals surface area contributed by atoms with Gasteiger partial charge in [0.05, 0.1) is 10.3 Å². The zero-order valence-corrected chi connectivity index (χ0v) is 14.5. The molecule has 0 heterocycles. The number of rotatable bonds is 5. The highest BCUT2D eigenvalue weighted by Gasteiger charge is 2.17. The van der Waals surface area contributed by atoms with Crippen molar-refractivity contribution < 1.29 is 4.79 Å². The van der Waals surface area contributed by atoms with E-state index >= 15 is 0 Å². The van der Waals surface area contributed by atoms with E-state index in [1.54, 1.807) is 0 Å². The van der Waals surface area contributed by atoms with Crippen LogP contribution in [0.25, 0.3) is 0 Å². The minimum atomic E-state index is -0.222. The average molecular weight is 334 g/mol. The molecular weight excluding hydrogens is 314 g/mol. The molecule has 0 aliphatic rings. The number of thioether (sulfide) groups is 1. The third kappa shape index (κ3) is 4.28. The molecule has 0 aromatic heterocycles. The predicted octanol–water partition coefficient (Wildman–Crippen LogP) is 5.58. The molecule has 1 amide bonds. The molecule has 2 aromatic carbocycles. The first-order valence-electron chi connectivity index (χ1n) is 7.30. The van der Waals surface area contributed by atoms with E-state index < -0.39 is 0 Å². The Hall–Kier alpha value is -1.45. The van der Waals surface area contributed by atoms with Crippen molar-refractivity contribution in [3.63, 3.8) is 0 Å². The van der Waals surface area contributed by atoms with Crippen LogP contribution in [0.1, 0.15) is 32.3 Å². The van der Waals surface area contributed by atoms with Crippen LogP contribution in [0.5, 0.6) is 0 Å². The monoisotopic (exact) mass is 333 g/mol. The molecule has 0 spiro atoms. The standard InChI is InChI=1S/C18H20ClNOS/c1-12(2)14-8-4-6-10-16(14)20-18(21)13(3)22-17-11-7-5-9-15(17)19/h4-13H,1-3H3,(H,20,21)/t13-/m1/s1. The highest BCUT2D eigenvalue weighted by molar-refractivity contribution is 8.00. The number of anilines is 1. The van der Waals surface area contributed by atoms with Crippen molar-refractivity contribution in [2.24, 2.45) is 0 Å². The van der Waals surface area contributed by atoms with Crippen molar-refractivity contribution in [2.75, 3.05) is 5.32 Å². The molecule has 0 radical (unpaired) electrons. The maximum Gasteiger partial charge on any atom is 0.237 e. The van der Waals surface area contributed by atoms with Crippen molar-refractivity contribution in [3.05, 3.63) is 59.1 Å². The van der Waals surface area contributed by atoms with E-state index in [1.807, 2.05) is 55.5 Å². The van der Waals surface area contributed by atoms with Gasteiger partial charge in [-0.25, -0.2) is 0 Å². The van der Waals surface area contributed by atoms with Crippen molar-refractivity contribution in [3.8, 4) is 0 Å². The van der Waals surface area contributed by atoms with E-state index in [0.29, 0.717) is 10.9 Å². The Labute approximate surface area is 141 Å². The number of para-hydroxylation sites is 1. The van der Waals surface area contributed by atoms with Crippen LogP contribution < -0.4 is 5.32 Å². The lowest BCUT2D eigenvalue weighted by Crippen LogP contribution is -2.23. The van der Waals surface area contributed by atoms with Crippen molar-refractivity contribution in [1.82, 2.24) is 0 Å².